The van der Waals surface area contributed by atoms with Crippen molar-refractivity contribution in [2.45, 2.75) is 13.1 Å². The summed E-state index contributed by atoms with van der Waals surface area (Å²) in [5.74, 6) is 1.21. The first-order valence-electron chi connectivity index (χ1n) is 9.96. The van der Waals surface area contributed by atoms with Gasteiger partial charge in [-0.2, -0.15) is 4.98 Å². The Morgan fingerprint density at radius 1 is 1.06 bits per heavy atom. The van der Waals surface area contributed by atoms with E-state index in [4.69, 9.17) is 20.9 Å². The van der Waals surface area contributed by atoms with Crippen molar-refractivity contribution in [2.75, 3.05) is 7.11 Å². The van der Waals surface area contributed by atoms with E-state index < -0.39 is 5.69 Å². The monoisotopic (exact) mass is 480 g/mol. The average Bonchev–Trinajstić information content (AvgIpc) is 3.50. The first-order chi connectivity index (χ1) is 16.0. The van der Waals surface area contributed by atoms with Gasteiger partial charge in [0.1, 0.15) is 17.0 Å². The van der Waals surface area contributed by atoms with Gasteiger partial charge in [-0.15, -0.1) is 11.3 Å². The van der Waals surface area contributed by atoms with Gasteiger partial charge in [-0.1, -0.05) is 41.0 Å². The van der Waals surface area contributed by atoms with Gasteiger partial charge in [-0.25, -0.2) is 4.79 Å². The first kappa shape index (κ1) is 21.2. The number of thiophene rings is 1. The van der Waals surface area contributed by atoms with Crippen molar-refractivity contribution in [3.63, 3.8) is 0 Å². The van der Waals surface area contributed by atoms with Crippen molar-refractivity contribution < 1.29 is 9.26 Å². The van der Waals surface area contributed by atoms with Crippen LogP contribution < -0.4 is 16.0 Å². The summed E-state index contributed by atoms with van der Waals surface area (Å²) in [4.78, 5) is 30.9. The Morgan fingerprint density at radius 2 is 1.91 bits per heavy atom. The number of ether oxygens (including phenoxy) is 1. The highest BCUT2D eigenvalue weighted by molar-refractivity contribution is 7.17. The van der Waals surface area contributed by atoms with Crippen LogP contribution in [0, 0.1) is 0 Å². The number of aromatic nitrogens is 4. The molecule has 0 aliphatic heterocycles. The van der Waals surface area contributed by atoms with E-state index in [1.54, 1.807) is 42.8 Å². The number of nitrogens with zero attached hydrogens (tertiary/aromatic N) is 4. The van der Waals surface area contributed by atoms with Gasteiger partial charge in [-0.3, -0.25) is 13.9 Å². The van der Waals surface area contributed by atoms with Crippen molar-refractivity contribution in [2.24, 2.45) is 0 Å². The number of methoxy groups -OCH3 is 1. The Bertz CT molecular complexity index is 1580. The number of halogens is 1. The lowest BCUT2D eigenvalue weighted by Gasteiger charge is -2.11. The van der Waals surface area contributed by atoms with Crippen molar-refractivity contribution in [1.29, 1.82) is 0 Å². The van der Waals surface area contributed by atoms with E-state index in [9.17, 15) is 9.59 Å². The molecule has 166 valence electrons. The Kier molecular flexibility index (Phi) is 5.57. The normalized spacial score (nSPS) is 11.2. The molecule has 5 rings (SSSR count). The SMILES string of the molecule is COc1cccc(Cn2c(=O)c3sccc3n(Cc3nc(-c4ccccc4Cl)no3)c2=O)c1. The molecule has 0 aliphatic carbocycles. The standard InChI is InChI=1S/C23H17ClN4O4S/c1-31-15-6-4-5-14(11-15)12-28-22(29)20-18(9-10-33-20)27(23(28)30)13-19-25-21(26-32-19)16-7-2-3-8-17(16)24/h2-11H,12-13H2,1H3. The minimum Gasteiger partial charge on any atom is -0.497 e. The van der Waals surface area contributed by atoms with E-state index in [2.05, 4.69) is 10.1 Å². The predicted octanol–water partition coefficient (Wildman–Crippen LogP) is 4.03. The van der Waals surface area contributed by atoms with Gasteiger partial charge >= 0.3 is 5.69 Å². The molecular formula is C23H17ClN4O4S. The van der Waals surface area contributed by atoms with Gasteiger partial charge < -0.3 is 9.26 Å². The number of fused-ring (bicyclic) bond motifs is 1. The zero-order valence-corrected chi connectivity index (χ0v) is 19.0. The molecule has 3 heterocycles. The molecule has 0 saturated heterocycles. The minimum atomic E-state index is -0.466. The Balaban J connectivity index is 1.56. The fraction of sp³-hybridized carbons (Fsp3) is 0.130. The summed E-state index contributed by atoms with van der Waals surface area (Å²) in [7, 11) is 1.57. The summed E-state index contributed by atoms with van der Waals surface area (Å²) in [6.45, 7) is 0.124. The van der Waals surface area contributed by atoms with Crippen molar-refractivity contribution >= 4 is 33.2 Å². The summed E-state index contributed by atoms with van der Waals surface area (Å²) in [6.07, 6.45) is 0. The Morgan fingerprint density at radius 3 is 2.73 bits per heavy atom. The van der Waals surface area contributed by atoms with E-state index in [0.29, 0.717) is 32.4 Å². The van der Waals surface area contributed by atoms with Gasteiger partial charge in [0.05, 0.1) is 24.2 Å². The number of hydrogen-bond donors (Lipinski definition) is 0. The third-order valence-corrected chi connectivity index (χ3v) is 6.41. The van der Waals surface area contributed by atoms with Gasteiger partial charge in [0.15, 0.2) is 0 Å². The third-order valence-electron chi connectivity index (χ3n) is 5.19. The second-order valence-corrected chi connectivity index (χ2v) is 8.56. The van der Waals surface area contributed by atoms with Crippen LogP contribution in [0.15, 0.2) is 74.1 Å². The molecule has 0 atom stereocenters. The third kappa shape index (κ3) is 3.96. The molecule has 0 unspecified atom stereocenters. The van der Waals surface area contributed by atoms with E-state index in [-0.39, 0.29) is 24.5 Å². The average molecular weight is 481 g/mol. The van der Waals surface area contributed by atoms with Crippen LogP contribution >= 0.6 is 22.9 Å². The summed E-state index contributed by atoms with van der Waals surface area (Å²) in [5, 5.41) is 6.28. The highest BCUT2D eigenvalue weighted by atomic mass is 35.5. The molecule has 10 heteroatoms. The maximum Gasteiger partial charge on any atom is 0.332 e. The van der Waals surface area contributed by atoms with E-state index in [1.807, 2.05) is 24.3 Å². The van der Waals surface area contributed by atoms with Crippen LogP contribution in [0.25, 0.3) is 21.6 Å². The zero-order valence-electron chi connectivity index (χ0n) is 17.4. The smallest absolute Gasteiger partial charge is 0.332 e. The lowest BCUT2D eigenvalue weighted by molar-refractivity contribution is 0.369. The van der Waals surface area contributed by atoms with Gasteiger partial charge in [0, 0.05) is 5.56 Å². The summed E-state index contributed by atoms with van der Waals surface area (Å²) in [5.41, 5.74) is 1.12. The molecule has 0 saturated carbocycles. The lowest BCUT2D eigenvalue weighted by Crippen LogP contribution is -2.40. The van der Waals surface area contributed by atoms with Crippen LogP contribution in [0.2, 0.25) is 5.02 Å². The van der Waals surface area contributed by atoms with E-state index in [1.165, 1.54) is 20.5 Å². The van der Waals surface area contributed by atoms with E-state index >= 15 is 0 Å². The molecule has 5 aromatic rings. The summed E-state index contributed by atoms with van der Waals surface area (Å²) >= 11 is 7.51. The number of benzene rings is 2. The topological polar surface area (TPSA) is 92.2 Å². The molecule has 0 bridgehead atoms. The summed E-state index contributed by atoms with van der Waals surface area (Å²) in [6, 6.07) is 16.2. The molecule has 0 fully saturated rings. The van der Waals surface area contributed by atoms with Crippen molar-refractivity contribution in [3.05, 3.63) is 97.3 Å². The maximum absolute atomic E-state index is 13.4. The molecule has 0 spiro atoms. The molecule has 33 heavy (non-hydrogen) atoms. The van der Waals surface area contributed by atoms with Crippen molar-refractivity contribution in [1.82, 2.24) is 19.3 Å². The van der Waals surface area contributed by atoms with Gasteiger partial charge in [0.25, 0.3) is 5.56 Å². The molecule has 0 N–H and O–H groups in total. The predicted molar refractivity (Wildman–Crippen MR) is 126 cm³/mol. The van der Waals surface area contributed by atoms with Gasteiger partial charge in [0.2, 0.25) is 11.7 Å². The molecule has 8 nitrogen and oxygen atoms in total. The number of rotatable bonds is 6. The minimum absolute atomic E-state index is 0.0158. The lowest BCUT2D eigenvalue weighted by atomic mass is 10.2. The molecule has 0 aliphatic rings. The Labute approximate surface area is 196 Å². The van der Waals surface area contributed by atoms with Crippen LogP contribution in [0.5, 0.6) is 5.75 Å². The Hall–Kier alpha value is -3.69. The van der Waals surface area contributed by atoms with Gasteiger partial charge in [-0.05, 0) is 41.3 Å². The fourth-order valence-electron chi connectivity index (χ4n) is 3.59. The van der Waals surface area contributed by atoms with Crippen LogP contribution in [-0.2, 0) is 13.1 Å². The maximum atomic E-state index is 13.4. The molecule has 3 aromatic heterocycles. The summed E-state index contributed by atoms with van der Waals surface area (Å²) < 4.78 is 13.8. The van der Waals surface area contributed by atoms with Crippen LogP contribution in [0.4, 0.5) is 0 Å². The fourth-order valence-corrected chi connectivity index (χ4v) is 4.65. The van der Waals surface area contributed by atoms with E-state index in [0.717, 1.165) is 5.56 Å². The number of hydrogen-bond acceptors (Lipinski definition) is 7. The molecule has 0 radical (unpaired) electrons. The quantitative estimate of drug-likeness (QED) is 0.364. The highest BCUT2D eigenvalue weighted by Crippen LogP contribution is 2.25. The second kappa shape index (κ2) is 8.68. The molecule has 2 aromatic carbocycles. The zero-order chi connectivity index (χ0) is 22.9. The second-order valence-electron chi connectivity index (χ2n) is 7.24. The molecular weight excluding hydrogens is 464 g/mol. The van der Waals surface area contributed by atoms with Crippen LogP contribution in [-0.4, -0.2) is 26.4 Å². The molecule has 0 amide bonds. The first-order valence-corrected chi connectivity index (χ1v) is 11.2. The largest absolute Gasteiger partial charge is 0.497 e. The van der Waals surface area contributed by atoms with Crippen LogP contribution in [0.3, 0.4) is 0 Å². The van der Waals surface area contributed by atoms with Crippen molar-refractivity contribution in [3.8, 4) is 17.1 Å². The van der Waals surface area contributed by atoms with Crippen LogP contribution in [0.1, 0.15) is 11.5 Å². The highest BCUT2D eigenvalue weighted by Gasteiger charge is 2.18.